The lowest BCUT2D eigenvalue weighted by molar-refractivity contribution is -0.143. The Morgan fingerprint density at radius 1 is 1.35 bits per heavy atom. The first-order chi connectivity index (χ1) is 9.58. The van der Waals surface area contributed by atoms with Crippen LogP contribution in [0.15, 0.2) is 11.6 Å². The van der Waals surface area contributed by atoms with Crippen LogP contribution in [0.4, 0.5) is 5.13 Å². The van der Waals surface area contributed by atoms with E-state index >= 15 is 0 Å². The van der Waals surface area contributed by atoms with Crippen LogP contribution in [-0.4, -0.2) is 54.7 Å². The molecule has 1 unspecified atom stereocenters. The van der Waals surface area contributed by atoms with Crippen molar-refractivity contribution in [3.8, 4) is 0 Å². The van der Waals surface area contributed by atoms with Crippen molar-refractivity contribution in [2.75, 3.05) is 37.7 Å². The van der Waals surface area contributed by atoms with Gasteiger partial charge in [0.05, 0.1) is 0 Å². The second-order valence-corrected chi connectivity index (χ2v) is 6.37. The van der Waals surface area contributed by atoms with Crippen LogP contribution < -0.4 is 4.90 Å². The molecule has 0 saturated carbocycles. The zero-order valence-corrected chi connectivity index (χ0v) is 13.2. The molecule has 5 nitrogen and oxygen atoms in total. The number of aromatic nitrogens is 1. The summed E-state index contributed by atoms with van der Waals surface area (Å²) in [6, 6.07) is 0. The molecule has 0 aliphatic carbocycles. The number of amides is 1. The summed E-state index contributed by atoms with van der Waals surface area (Å²) in [6.45, 7) is 9.83. The van der Waals surface area contributed by atoms with Gasteiger partial charge in [-0.1, -0.05) is 13.8 Å². The summed E-state index contributed by atoms with van der Waals surface area (Å²) in [7, 11) is 0. The van der Waals surface area contributed by atoms with E-state index in [0.29, 0.717) is 12.5 Å². The minimum atomic E-state index is -0.344. The lowest BCUT2D eigenvalue weighted by atomic mass is 10.2. The Balaban J connectivity index is 1.79. The number of ether oxygens (including phenoxy) is 1. The van der Waals surface area contributed by atoms with E-state index in [0.717, 1.165) is 31.3 Å². The Kier molecular flexibility index (Phi) is 5.37. The van der Waals surface area contributed by atoms with Crippen molar-refractivity contribution in [2.45, 2.75) is 26.9 Å². The molecule has 1 atom stereocenters. The SMILES string of the molecule is CC(C)COC(C)C(=O)N1CCN(c2nccs2)CC1. The molecule has 1 saturated heterocycles. The topological polar surface area (TPSA) is 45.7 Å². The second kappa shape index (κ2) is 7.04. The van der Waals surface area contributed by atoms with E-state index in [1.54, 1.807) is 11.3 Å². The van der Waals surface area contributed by atoms with Gasteiger partial charge in [0.25, 0.3) is 5.91 Å². The van der Waals surface area contributed by atoms with Gasteiger partial charge in [0.15, 0.2) is 5.13 Å². The summed E-state index contributed by atoms with van der Waals surface area (Å²) in [5, 5.41) is 3.02. The molecule has 0 spiro atoms. The smallest absolute Gasteiger partial charge is 0.251 e. The molecule has 0 radical (unpaired) electrons. The van der Waals surface area contributed by atoms with E-state index in [1.165, 1.54) is 0 Å². The molecule has 0 N–H and O–H groups in total. The molecular weight excluding hydrogens is 274 g/mol. The van der Waals surface area contributed by atoms with Crippen molar-refractivity contribution in [1.82, 2.24) is 9.88 Å². The number of thiazole rings is 1. The Hall–Kier alpha value is -1.14. The molecule has 20 heavy (non-hydrogen) atoms. The molecule has 112 valence electrons. The van der Waals surface area contributed by atoms with Crippen LogP contribution >= 0.6 is 11.3 Å². The van der Waals surface area contributed by atoms with Crippen LogP contribution in [0.25, 0.3) is 0 Å². The molecule has 1 aliphatic rings. The van der Waals surface area contributed by atoms with Crippen molar-refractivity contribution in [1.29, 1.82) is 0 Å². The molecule has 0 aromatic carbocycles. The summed E-state index contributed by atoms with van der Waals surface area (Å²) in [5.41, 5.74) is 0. The maximum atomic E-state index is 12.3. The van der Waals surface area contributed by atoms with Crippen LogP contribution in [-0.2, 0) is 9.53 Å². The fourth-order valence-electron chi connectivity index (χ4n) is 2.16. The Morgan fingerprint density at radius 2 is 2.05 bits per heavy atom. The lowest BCUT2D eigenvalue weighted by Crippen LogP contribution is -2.51. The number of carbonyl (C=O) groups excluding carboxylic acids is 1. The summed E-state index contributed by atoms with van der Waals surface area (Å²) >= 11 is 1.64. The highest BCUT2D eigenvalue weighted by molar-refractivity contribution is 7.13. The zero-order valence-electron chi connectivity index (χ0n) is 12.4. The minimum absolute atomic E-state index is 0.101. The van der Waals surface area contributed by atoms with E-state index in [4.69, 9.17) is 4.74 Å². The Morgan fingerprint density at radius 3 is 2.60 bits per heavy atom. The van der Waals surface area contributed by atoms with Crippen molar-refractivity contribution in [3.05, 3.63) is 11.6 Å². The predicted molar refractivity (Wildman–Crippen MR) is 81.2 cm³/mol. The molecule has 1 aromatic heterocycles. The lowest BCUT2D eigenvalue weighted by Gasteiger charge is -2.35. The van der Waals surface area contributed by atoms with Gasteiger partial charge in [-0.25, -0.2) is 4.98 Å². The fraction of sp³-hybridized carbons (Fsp3) is 0.714. The van der Waals surface area contributed by atoms with Crippen molar-refractivity contribution in [3.63, 3.8) is 0 Å². The standard InChI is InChI=1S/C14H23N3O2S/c1-11(2)10-19-12(3)13(18)16-5-7-17(8-6-16)14-15-4-9-20-14/h4,9,11-12H,5-8,10H2,1-3H3. The summed E-state index contributed by atoms with van der Waals surface area (Å²) in [5.74, 6) is 0.552. The number of anilines is 1. The van der Waals surface area contributed by atoms with E-state index < -0.39 is 0 Å². The van der Waals surface area contributed by atoms with E-state index in [2.05, 4.69) is 23.7 Å². The van der Waals surface area contributed by atoms with Gasteiger partial charge in [-0.3, -0.25) is 4.79 Å². The number of hydrogen-bond donors (Lipinski definition) is 0. The third-order valence-corrected chi connectivity index (χ3v) is 4.14. The largest absolute Gasteiger partial charge is 0.368 e. The van der Waals surface area contributed by atoms with Crippen molar-refractivity contribution in [2.24, 2.45) is 5.92 Å². The number of nitrogens with zero attached hydrogens (tertiary/aromatic N) is 3. The van der Waals surface area contributed by atoms with E-state index in [9.17, 15) is 4.79 Å². The fourth-order valence-corrected chi connectivity index (χ4v) is 2.85. The third kappa shape index (κ3) is 3.93. The number of rotatable bonds is 5. The van der Waals surface area contributed by atoms with Gasteiger partial charge in [0.1, 0.15) is 6.10 Å². The molecule has 1 fully saturated rings. The molecule has 1 aliphatic heterocycles. The maximum Gasteiger partial charge on any atom is 0.251 e. The molecule has 2 heterocycles. The summed E-state index contributed by atoms with van der Waals surface area (Å²) < 4.78 is 5.60. The normalized spacial score (nSPS) is 17.6. The van der Waals surface area contributed by atoms with E-state index in [1.807, 2.05) is 23.4 Å². The molecule has 1 aromatic rings. The first kappa shape index (κ1) is 15.3. The number of piperazine rings is 1. The average molecular weight is 297 g/mol. The summed E-state index contributed by atoms with van der Waals surface area (Å²) in [4.78, 5) is 20.7. The van der Waals surface area contributed by atoms with Gasteiger partial charge in [0, 0.05) is 44.4 Å². The quantitative estimate of drug-likeness (QED) is 0.832. The zero-order chi connectivity index (χ0) is 14.5. The third-order valence-electron chi connectivity index (χ3n) is 3.31. The Labute approximate surface area is 124 Å². The van der Waals surface area contributed by atoms with Gasteiger partial charge < -0.3 is 14.5 Å². The average Bonchev–Trinajstić information content (AvgIpc) is 2.98. The van der Waals surface area contributed by atoms with E-state index in [-0.39, 0.29) is 12.0 Å². The van der Waals surface area contributed by atoms with Gasteiger partial charge >= 0.3 is 0 Å². The molecule has 1 amide bonds. The minimum Gasteiger partial charge on any atom is -0.368 e. The van der Waals surface area contributed by atoms with Gasteiger partial charge in [-0.2, -0.15) is 0 Å². The molecular formula is C14H23N3O2S. The predicted octanol–water partition coefficient (Wildman–Crippen LogP) is 1.85. The highest BCUT2D eigenvalue weighted by atomic mass is 32.1. The molecule has 0 bridgehead atoms. The first-order valence-electron chi connectivity index (χ1n) is 7.12. The van der Waals surface area contributed by atoms with Crippen molar-refractivity contribution < 1.29 is 9.53 Å². The summed E-state index contributed by atoms with van der Waals surface area (Å²) in [6.07, 6.45) is 1.48. The monoisotopic (exact) mass is 297 g/mol. The molecule has 2 rings (SSSR count). The van der Waals surface area contributed by atoms with Crippen LogP contribution in [0.3, 0.4) is 0 Å². The van der Waals surface area contributed by atoms with Crippen LogP contribution in [0.2, 0.25) is 0 Å². The van der Waals surface area contributed by atoms with Crippen LogP contribution in [0.1, 0.15) is 20.8 Å². The number of hydrogen-bond acceptors (Lipinski definition) is 5. The van der Waals surface area contributed by atoms with Gasteiger partial charge in [-0.15, -0.1) is 11.3 Å². The van der Waals surface area contributed by atoms with Gasteiger partial charge in [0.2, 0.25) is 0 Å². The first-order valence-corrected chi connectivity index (χ1v) is 8.00. The van der Waals surface area contributed by atoms with Crippen LogP contribution in [0.5, 0.6) is 0 Å². The Bertz CT molecular complexity index is 414. The maximum absolute atomic E-state index is 12.3. The highest BCUT2D eigenvalue weighted by Gasteiger charge is 2.26. The van der Waals surface area contributed by atoms with Crippen LogP contribution in [0, 0.1) is 5.92 Å². The highest BCUT2D eigenvalue weighted by Crippen LogP contribution is 2.19. The second-order valence-electron chi connectivity index (χ2n) is 5.50. The molecule has 6 heteroatoms. The van der Waals surface area contributed by atoms with Crippen molar-refractivity contribution >= 4 is 22.4 Å². The number of carbonyl (C=O) groups is 1. The van der Waals surface area contributed by atoms with Gasteiger partial charge in [-0.05, 0) is 12.8 Å².